The minimum atomic E-state index is -1.59. The van der Waals surface area contributed by atoms with E-state index in [1.807, 2.05) is 0 Å². The second kappa shape index (κ2) is 15.8. The molecule has 1 rings (SSSR count). The fraction of sp³-hybridized carbons (Fsp3) is 0.619. The maximum Gasteiger partial charge on any atom is 0.322 e. The first-order chi connectivity index (χ1) is 18.3. The third-order valence-electron chi connectivity index (χ3n) is 5.53. The van der Waals surface area contributed by atoms with E-state index in [-0.39, 0.29) is 13.0 Å². The summed E-state index contributed by atoms with van der Waals surface area (Å²) in [5, 5.41) is 35.4. The van der Waals surface area contributed by atoms with Gasteiger partial charge in [0.25, 0.3) is 0 Å². The first kappa shape index (κ1) is 32.7. The van der Waals surface area contributed by atoms with Crippen molar-refractivity contribution in [2.24, 2.45) is 11.5 Å². The van der Waals surface area contributed by atoms with Crippen molar-refractivity contribution in [3.63, 3.8) is 0 Å². The Labute approximate surface area is 221 Å². The Hall–Kier alpha value is -4.32. The van der Waals surface area contributed by atoms with Crippen LogP contribution >= 0.6 is 0 Å². The van der Waals surface area contributed by atoms with Gasteiger partial charge in [0.1, 0.15) is 30.7 Å². The van der Waals surface area contributed by atoms with Crippen LogP contribution < -0.4 is 32.7 Å². The van der Waals surface area contributed by atoms with Crippen molar-refractivity contribution in [2.45, 2.75) is 56.3 Å². The van der Waals surface area contributed by atoms with Crippen LogP contribution in [0, 0.1) is 0 Å². The smallest absolute Gasteiger partial charge is 0.322 e. The number of hydrogen-bond donors (Lipinski definition) is 9. The highest BCUT2D eigenvalue weighted by Crippen LogP contribution is 2.19. The van der Waals surface area contributed by atoms with Gasteiger partial charge in [-0.15, -0.1) is 0 Å². The Bertz CT molecular complexity index is 974. The molecule has 11 N–H and O–H groups in total. The number of aliphatic hydroxyl groups is 1. The molecule has 39 heavy (non-hydrogen) atoms. The van der Waals surface area contributed by atoms with E-state index < -0.39 is 111 Å². The van der Waals surface area contributed by atoms with Crippen molar-refractivity contribution in [3.05, 3.63) is 0 Å². The number of rotatable bonds is 16. The van der Waals surface area contributed by atoms with E-state index in [0.29, 0.717) is 6.42 Å². The monoisotopic (exact) mass is 559 g/mol. The number of nitrogens with zero attached hydrogens (tertiary/aromatic N) is 1. The largest absolute Gasteiger partial charge is 0.481 e. The summed E-state index contributed by atoms with van der Waals surface area (Å²) in [6, 6.07) is -5.48. The molecule has 0 aromatic carbocycles. The van der Waals surface area contributed by atoms with Crippen molar-refractivity contribution in [2.75, 3.05) is 26.2 Å². The summed E-state index contributed by atoms with van der Waals surface area (Å²) in [5.41, 5.74) is 10.5. The lowest BCUT2D eigenvalue weighted by atomic mass is 10.1. The molecule has 0 aromatic rings. The standard InChI is InChI=1S/C21H33N7O11/c22-10(9-29)18(36)24-7-15(31)26-11(3-4-16(32)33)19(37)27-12(6-14(23)30)21(39)28-5-1-2-13(28)20(38)25-8-17(34)35/h10-13,29H,1-9,22H2,(H2,23,30)(H,24,36)(H,25,38)(H,26,31)(H,27,37)(H,32,33)(H,34,35)/t10-,11-,12-,13-/m0/s1. The molecule has 218 valence electrons. The lowest BCUT2D eigenvalue weighted by Gasteiger charge is -2.29. The number of hydrogen-bond acceptors (Lipinski definition) is 10. The molecular weight excluding hydrogens is 526 g/mol. The van der Waals surface area contributed by atoms with Crippen LogP contribution in [-0.2, 0) is 38.4 Å². The van der Waals surface area contributed by atoms with Gasteiger partial charge >= 0.3 is 11.9 Å². The maximum atomic E-state index is 13.2. The van der Waals surface area contributed by atoms with Gasteiger partial charge in [0.2, 0.25) is 35.4 Å². The van der Waals surface area contributed by atoms with Gasteiger partial charge in [-0.2, -0.15) is 0 Å². The number of nitrogens with one attached hydrogen (secondary N) is 4. The molecule has 1 fully saturated rings. The average molecular weight is 560 g/mol. The number of amides is 6. The number of carboxylic acid groups (broad SMARTS) is 2. The lowest BCUT2D eigenvalue weighted by molar-refractivity contribution is -0.144. The highest BCUT2D eigenvalue weighted by atomic mass is 16.4. The molecule has 0 aliphatic carbocycles. The zero-order valence-corrected chi connectivity index (χ0v) is 20.9. The third-order valence-corrected chi connectivity index (χ3v) is 5.53. The van der Waals surface area contributed by atoms with Crippen LogP contribution in [0.15, 0.2) is 0 Å². The predicted octanol–water partition coefficient (Wildman–Crippen LogP) is -5.68. The van der Waals surface area contributed by atoms with Crippen molar-refractivity contribution in [3.8, 4) is 0 Å². The van der Waals surface area contributed by atoms with Crippen molar-refractivity contribution < 1.29 is 53.7 Å². The number of aliphatic hydroxyl groups excluding tert-OH is 1. The van der Waals surface area contributed by atoms with Crippen LogP contribution in [0.4, 0.5) is 0 Å². The Kier molecular flexibility index (Phi) is 13.3. The van der Waals surface area contributed by atoms with Crippen molar-refractivity contribution >= 4 is 47.4 Å². The van der Waals surface area contributed by atoms with Crippen LogP contribution in [0.25, 0.3) is 0 Å². The highest BCUT2D eigenvalue weighted by molar-refractivity contribution is 5.97. The molecule has 4 atom stereocenters. The van der Waals surface area contributed by atoms with Gasteiger partial charge in [-0.05, 0) is 19.3 Å². The first-order valence-corrected chi connectivity index (χ1v) is 11.8. The fourth-order valence-corrected chi connectivity index (χ4v) is 3.62. The number of nitrogens with two attached hydrogens (primary N) is 2. The Morgan fingerprint density at radius 1 is 0.897 bits per heavy atom. The quantitative estimate of drug-likeness (QED) is 0.0854. The van der Waals surface area contributed by atoms with E-state index in [4.69, 9.17) is 26.8 Å². The van der Waals surface area contributed by atoms with E-state index >= 15 is 0 Å². The molecule has 0 bridgehead atoms. The number of carboxylic acids is 2. The summed E-state index contributed by atoms with van der Waals surface area (Å²) < 4.78 is 0. The number of likely N-dealkylation sites (tertiary alicyclic amines) is 1. The average Bonchev–Trinajstić information content (AvgIpc) is 3.36. The van der Waals surface area contributed by atoms with E-state index in [2.05, 4.69) is 21.3 Å². The minimum Gasteiger partial charge on any atom is -0.481 e. The molecular formula is C21H33N7O11. The molecule has 0 aromatic heterocycles. The maximum absolute atomic E-state index is 13.2. The van der Waals surface area contributed by atoms with Gasteiger partial charge in [0.05, 0.1) is 19.6 Å². The summed E-state index contributed by atoms with van der Waals surface area (Å²) in [6.07, 6.45) is -1.14. The molecule has 6 amide bonds. The fourth-order valence-electron chi connectivity index (χ4n) is 3.62. The van der Waals surface area contributed by atoms with E-state index in [9.17, 15) is 38.4 Å². The molecule has 1 aliphatic rings. The molecule has 1 saturated heterocycles. The van der Waals surface area contributed by atoms with Crippen LogP contribution in [0.3, 0.4) is 0 Å². The van der Waals surface area contributed by atoms with E-state index in [1.54, 1.807) is 0 Å². The third kappa shape index (κ3) is 11.3. The Morgan fingerprint density at radius 3 is 2.13 bits per heavy atom. The first-order valence-electron chi connectivity index (χ1n) is 11.8. The van der Waals surface area contributed by atoms with Gasteiger partial charge in [0.15, 0.2) is 0 Å². The summed E-state index contributed by atoms with van der Waals surface area (Å²) in [4.78, 5) is 96.9. The summed E-state index contributed by atoms with van der Waals surface area (Å²) >= 11 is 0. The number of aliphatic carboxylic acids is 2. The van der Waals surface area contributed by atoms with Crippen molar-refractivity contribution in [1.29, 1.82) is 0 Å². The topological polar surface area (TPSA) is 301 Å². The SMILES string of the molecule is NC(=O)C[C@H](NC(=O)[C@H](CCC(=O)O)NC(=O)CNC(=O)[C@@H](N)CO)C(=O)N1CCC[C@H]1C(=O)NCC(=O)O. The Morgan fingerprint density at radius 2 is 1.56 bits per heavy atom. The summed E-state index contributed by atoms with van der Waals surface area (Å²) in [7, 11) is 0. The van der Waals surface area contributed by atoms with Gasteiger partial charge in [-0.3, -0.25) is 38.4 Å². The molecule has 18 heteroatoms. The second-order valence-corrected chi connectivity index (χ2v) is 8.59. The predicted molar refractivity (Wildman–Crippen MR) is 128 cm³/mol. The molecule has 0 spiro atoms. The summed E-state index contributed by atoms with van der Waals surface area (Å²) in [5.74, 6) is -8.05. The Balaban J connectivity index is 3.00. The molecule has 0 unspecified atom stereocenters. The van der Waals surface area contributed by atoms with Gasteiger partial charge < -0.3 is 53.0 Å². The number of primary amides is 1. The normalized spacial score (nSPS) is 16.8. The zero-order valence-electron chi connectivity index (χ0n) is 20.9. The molecule has 0 saturated carbocycles. The highest BCUT2D eigenvalue weighted by Gasteiger charge is 2.39. The second-order valence-electron chi connectivity index (χ2n) is 8.59. The van der Waals surface area contributed by atoms with Crippen LogP contribution in [-0.4, -0.2) is 118 Å². The van der Waals surface area contributed by atoms with Crippen LogP contribution in [0.1, 0.15) is 32.1 Å². The number of carbonyl (C=O) groups excluding carboxylic acids is 6. The molecule has 1 aliphatic heterocycles. The van der Waals surface area contributed by atoms with E-state index in [1.165, 1.54) is 0 Å². The van der Waals surface area contributed by atoms with Gasteiger partial charge in [-0.1, -0.05) is 0 Å². The van der Waals surface area contributed by atoms with E-state index in [0.717, 1.165) is 4.90 Å². The van der Waals surface area contributed by atoms with Gasteiger partial charge in [-0.25, -0.2) is 0 Å². The molecule has 1 heterocycles. The van der Waals surface area contributed by atoms with Crippen LogP contribution in [0.5, 0.6) is 0 Å². The van der Waals surface area contributed by atoms with Crippen molar-refractivity contribution in [1.82, 2.24) is 26.2 Å². The van der Waals surface area contributed by atoms with Gasteiger partial charge in [0, 0.05) is 13.0 Å². The van der Waals surface area contributed by atoms with Crippen LogP contribution in [0.2, 0.25) is 0 Å². The molecule has 0 radical (unpaired) electrons. The minimum absolute atomic E-state index is 0.0595. The number of carbonyl (C=O) groups is 8. The summed E-state index contributed by atoms with van der Waals surface area (Å²) in [6.45, 7) is -1.99. The molecule has 18 nitrogen and oxygen atoms in total. The zero-order chi connectivity index (χ0) is 29.7. The lowest BCUT2D eigenvalue weighted by Crippen LogP contribution is -2.58.